The summed E-state index contributed by atoms with van der Waals surface area (Å²) in [6.07, 6.45) is 0.582. The van der Waals surface area contributed by atoms with Crippen molar-refractivity contribution in [1.82, 2.24) is 14.9 Å². The standard InChI is InChI=1S/C20H20ClN3O3S/c21-15-6-7-17-18(10-15)22-19(23-20(17)25)12-24(11-14-4-2-1-3-5-14)16-8-9-28(26,27)13-16/h1-7,10,16H,8-9,11-13H2,(H,22,23,25)/t16-/m1/s1. The molecular weight excluding hydrogens is 398 g/mol. The number of sulfone groups is 1. The van der Waals surface area contributed by atoms with E-state index in [0.717, 1.165) is 5.56 Å². The Kier molecular flexibility index (Phi) is 5.23. The molecular formula is C20H20ClN3O3S. The molecule has 3 aromatic rings. The summed E-state index contributed by atoms with van der Waals surface area (Å²) in [5.41, 5.74) is 1.39. The van der Waals surface area contributed by atoms with E-state index in [9.17, 15) is 13.2 Å². The highest BCUT2D eigenvalue weighted by atomic mass is 35.5. The lowest BCUT2D eigenvalue weighted by Crippen LogP contribution is -2.36. The first-order valence-electron chi connectivity index (χ1n) is 9.06. The van der Waals surface area contributed by atoms with Gasteiger partial charge < -0.3 is 4.98 Å². The van der Waals surface area contributed by atoms with Crippen LogP contribution in [-0.2, 0) is 22.9 Å². The molecule has 1 fully saturated rings. The van der Waals surface area contributed by atoms with E-state index in [4.69, 9.17) is 11.6 Å². The zero-order valence-corrected chi connectivity index (χ0v) is 16.7. The van der Waals surface area contributed by atoms with Gasteiger partial charge in [0.1, 0.15) is 5.82 Å². The van der Waals surface area contributed by atoms with Crippen LogP contribution in [0, 0.1) is 0 Å². The minimum absolute atomic E-state index is 0.106. The molecule has 2 heterocycles. The van der Waals surface area contributed by atoms with E-state index >= 15 is 0 Å². The summed E-state index contributed by atoms with van der Waals surface area (Å²) in [6, 6.07) is 14.7. The van der Waals surface area contributed by atoms with E-state index in [2.05, 4.69) is 14.9 Å². The van der Waals surface area contributed by atoms with Crippen LogP contribution in [-0.4, -0.2) is 40.8 Å². The molecule has 1 saturated heterocycles. The normalized spacial score (nSPS) is 18.7. The van der Waals surface area contributed by atoms with Crippen LogP contribution in [0.25, 0.3) is 10.9 Å². The molecule has 1 aromatic heterocycles. The molecule has 0 bridgehead atoms. The SMILES string of the molecule is O=c1[nH]c(CN(Cc2ccccc2)[C@@H]2CCS(=O)(=O)C2)nc2cc(Cl)ccc12. The second-order valence-electron chi connectivity index (χ2n) is 7.12. The average molecular weight is 418 g/mol. The Morgan fingerprint density at radius 1 is 1.14 bits per heavy atom. The van der Waals surface area contributed by atoms with Crippen molar-refractivity contribution in [3.05, 3.63) is 75.3 Å². The largest absolute Gasteiger partial charge is 0.309 e. The van der Waals surface area contributed by atoms with E-state index in [1.807, 2.05) is 30.3 Å². The van der Waals surface area contributed by atoms with Crippen molar-refractivity contribution >= 4 is 32.3 Å². The topological polar surface area (TPSA) is 83.1 Å². The van der Waals surface area contributed by atoms with Crippen molar-refractivity contribution in [2.24, 2.45) is 0 Å². The van der Waals surface area contributed by atoms with Gasteiger partial charge in [0, 0.05) is 17.6 Å². The fraction of sp³-hybridized carbons (Fsp3) is 0.300. The van der Waals surface area contributed by atoms with E-state index in [0.29, 0.717) is 41.3 Å². The molecule has 0 spiro atoms. The van der Waals surface area contributed by atoms with Crippen LogP contribution >= 0.6 is 11.6 Å². The smallest absolute Gasteiger partial charge is 0.258 e. The van der Waals surface area contributed by atoms with Crippen LogP contribution < -0.4 is 5.56 Å². The van der Waals surface area contributed by atoms with Crippen molar-refractivity contribution in [2.45, 2.75) is 25.6 Å². The third kappa shape index (κ3) is 4.27. The van der Waals surface area contributed by atoms with Crippen LogP contribution in [0.15, 0.2) is 53.3 Å². The lowest BCUT2D eigenvalue weighted by atomic mass is 10.1. The fourth-order valence-electron chi connectivity index (χ4n) is 3.62. The average Bonchev–Trinajstić information content (AvgIpc) is 3.01. The number of hydrogen-bond acceptors (Lipinski definition) is 5. The van der Waals surface area contributed by atoms with Crippen molar-refractivity contribution in [2.75, 3.05) is 11.5 Å². The minimum atomic E-state index is -3.02. The fourth-order valence-corrected chi connectivity index (χ4v) is 5.55. The minimum Gasteiger partial charge on any atom is -0.309 e. The van der Waals surface area contributed by atoms with E-state index < -0.39 is 9.84 Å². The molecule has 1 aliphatic heterocycles. The molecule has 146 valence electrons. The number of hydrogen-bond donors (Lipinski definition) is 1. The zero-order chi connectivity index (χ0) is 19.7. The molecule has 0 amide bonds. The molecule has 4 rings (SSSR count). The molecule has 6 nitrogen and oxygen atoms in total. The lowest BCUT2D eigenvalue weighted by molar-refractivity contribution is 0.189. The molecule has 1 N–H and O–H groups in total. The Labute approximate surface area is 168 Å². The van der Waals surface area contributed by atoms with Gasteiger partial charge in [0.25, 0.3) is 5.56 Å². The molecule has 0 radical (unpaired) electrons. The summed E-state index contributed by atoms with van der Waals surface area (Å²) >= 11 is 6.04. The maximum Gasteiger partial charge on any atom is 0.258 e. The van der Waals surface area contributed by atoms with Crippen LogP contribution in [0.1, 0.15) is 17.8 Å². The van der Waals surface area contributed by atoms with Crippen LogP contribution in [0.3, 0.4) is 0 Å². The van der Waals surface area contributed by atoms with Gasteiger partial charge in [-0.2, -0.15) is 0 Å². The van der Waals surface area contributed by atoms with Crippen molar-refractivity contribution in [3.8, 4) is 0 Å². The zero-order valence-electron chi connectivity index (χ0n) is 15.1. The Bertz CT molecular complexity index is 1160. The second kappa shape index (κ2) is 7.66. The summed E-state index contributed by atoms with van der Waals surface area (Å²) in [5.74, 6) is 0.823. The number of rotatable bonds is 5. The van der Waals surface area contributed by atoms with Crippen LogP contribution in [0.2, 0.25) is 5.02 Å². The number of halogens is 1. The predicted molar refractivity (Wildman–Crippen MR) is 110 cm³/mol. The highest BCUT2D eigenvalue weighted by Gasteiger charge is 2.32. The molecule has 1 aliphatic rings. The first-order chi connectivity index (χ1) is 13.4. The number of aromatic amines is 1. The van der Waals surface area contributed by atoms with Gasteiger partial charge in [-0.05, 0) is 30.2 Å². The first-order valence-corrected chi connectivity index (χ1v) is 11.3. The molecule has 8 heteroatoms. The highest BCUT2D eigenvalue weighted by molar-refractivity contribution is 7.91. The van der Waals surface area contributed by atoms with E-state index in [-0.39, 0.29) is 23.1 Å². The Hall–Kier alpha value is -2.22. The quantitative estimate of drug-likeness (QED) is 0.690. The summed E-state index contributed by atoms with van der Waals surface area (Å²) < 4.78 is 24.0. The summed E-state index contributed by atoms with van der Waals surface area (Å²) in [5, 5.41) is 0.991. The highest BCUT2D eigenvalue weighted by Crippen LogP contribution is 2.22. The number of aromatic nitrogens is 2. The molecule has 1 atom stereocenters. The number of benzene rings is 2. The number of fused-ring (bicyclic) bond motifs is 1. The molecule has 0 aliphatic carbocycles. The van der Waals surface area contributed by atoms with Crippen molar-refractivity contribution < 1.29 is 8.42 Å². The summed E-state index contributed by atoms with van der Waals surface area (Å²) in [4.78, 5) is 21.9. The second-order valence-corrected chi connectivity index (χ2v) is 9.79. The van der Waals surface area contributed by atoms with Crippen LogP contribution in [0.5, 0.6) is 0 Å². The van der Waals surface area contributed by atoms with Gasteiger partial charge in [-0.15, -0.1) is 0 Å². The van der Waals surface area contributed by atoms with Gasteiger partial charge in [-0.1, -0.05) is 41.9 Å². The number of H-pyrrole nitrogens is 1. The van der Waals surface area contributed by atoms with Crippen molar-refractivity contribution in [3.63, 3.8) is 0 Å². The Morgan fingerprint density at radius 3 is 2.64 bits per heavy atom. The van der Waals surface area contributed by atoms with E-state index in [1.54, 1.807) is 18.2 Å². The van der Waals surface area contributed by atoms with Gasteiger partial charge in [-0.25, -0.2) is 13.4 Å². The number of nitrogens with one attached hydrogen (secondary N) is 1. The van der Waals surface area contributed by atoms with Gasteiger partial charge in [-0.3, -0.25) is 9.69 Å². The van der Waals surface area contributed by atoms with Gasteiger partial charge in [0.2, 0.25) is 0 Å². The molecule has 0 unspecified atom stereocenters. The van der Waals surface area contributed by atoms with Gasteiger partial charge in [0.05, 0.1) is 29.0 Å². The molecule has 2 aromatic carbocycles. The third-order valence-electron chi connectivity index (χ3n) is 5.02. The molecule has 28 heavy (non-hydrogen) atoms. The Morgan fingerprint density at radius 2 is 1.93 bits per heavy atom. The van der Waals surface area contributed by atoms with Crippen molar-refractivity contribution in [1.29, 1.82) is 0 Å². The van der Waals surface area contributed by atoms with E-state index in [1.165, 1.54) is 0 Å². The maximum absolute atomic E-state index is 12.4. The van der Waals surface area contributed by atoms with Gasteiger partial charge in [0.15, 0.2) is 9.84 Å². The predicted octanol–water partition coefficient (Wildman–Crippen LogP) is 2.77. The van der Waals surface area contributed by atoms with Crippen LogP contribution in [0.4, 0.5) is 0 Å². The number of nitrogens with zero attached hydrogens (tertiary/aromatic N) is 2. The first kappa shape index (κ1) is 19.1. The summed E-state index contributed by atoms with van der Waals surface area (Å²) in [7, 11) is -3.02. The monoisotopic (exact) mass is 417 g/mol. The third-order valence-corrected chi connectivity index (χ3v) is 7.01. The summed E-state index contributed by atoms with van der Waals surface area (Å²) in [6.45, 7) is 0.936. The maximum atomic E-state index is 12.4. The molecule has 0 saturated carbocycles. The Balaban J connectivity index is 1.67. The lowest BCUT2D eigenvalue weighted by Gasteiger charge is -2.27. The van der Waals surface area contributed by atoms with Gasteiger partial charge >= 0.3 is 0 Å².